The van der Waals surface area contributed by atoms with Crippen molar-refractivity contribution in [2.24, 2.45) is 0 Å². The van der Waals surface area contributed by atoms with Crippen molar-refractivity contribution in [1.29, 1.82) is 0 Å². The molecule has 4 heteroatoms. The quantitative estimate of drug-likeness (QED) is 0.791. The summed E-state index contributed by atoms with van der Waals surface area (Å²) in [5.74, 6) is 1.05. The molecule has 1 N–H and O–H groups in total. The van der Waals surface area contributed by atoms with Gasteiger partial charge in [0.15, 0.2) is 0 Å². The molecule has 1 heterocycles. The van der Waals surface area contributed by atoms with E-state index >= 15 is 0 Å². The number of carbonyl (C=O) groups excluding carboxylic acids is 1. The molecule has 1 aliphatic rings. The van der Waals surface area contributed by atoms with E-state index in [4.69, 9.17) is 4.42 Å². The summed E-state index contributed by atoms with van der Waals surface area (Å²) in [7, 11) is 0. The Balaban J connectivity index is 1.70. The molecule has 0 aromatic carbocycles. The van der Waals surface area contributed by atoms with Crippen LogP contribution in [0.1, 0.15) is 25.5 Å². The third-order valence-electron chi connectivity index (χ3n) is 2.80. The Labute approximate surface area is 95.6 Å². The Morgan fingerprint density at radius 3 is 3.00 bits per heavy atom. The smallest absolute Gasteiger partial charge is 0.236 e. The van der Waals surface area contributed by atoms with Crippen molar-refractivity contribution in [2.45, 2.75) is 32.4 Å². The van der Waals surface area contributed by atoms with Crippen molar-refractivity contribution in [1.82, 2.24) is 10.2 Å². The van der Waals surface area contributed by atoms with Gasteiger partial charge in [0.1, 0.15) is 5.76 Å². The largest absolute Gasteiger partial charge is 0.468 e. The number of likely N-dealkylation sites (N-methyl/N-ethyl adjacent to an activating group) is 1. The lowest BCUT2D eigenvalue weighted by atomic mass is 10.4. The van der Waals surface area contributed by atoms with Crippen molar-refractivity contribution >= 4 is 5.91 Å². The molecule has 1 aromatic rings. The van der Waals surface area contributed by atoms with Gasteiger partial charge in [0.2, 0.25) is 5.91 Å². The minimum atomic E-state index is 0.191. The highest BCUT2D eigenvalue weighted by Gasteiger charge is 2.30. The molecule has 0 atom stereocenters. The predicted octanol–water partition coefficient (Wildman–Crippen LogP) is 1.38. The maximum absolute atomic E-state index is 11.8. The normalized spacial score (nSPS) is 15.1. The highest BCUT2D eigenvalue weighted by Crippen LogP contribution is 2.26. The topological polar surface area (TPSA) is 45.5 Å². The molecule has 0 unspecified atom stereocenters. The number of nitrogens with one attached hydrogen (secondary N) is 1. The molecule has 16 heavy (non-hydrogen) atoms. The lowest BCUT2D eigenvalue weighted by Crippen LogP contribution is -2.39. The molecule has 0 radical (unpaired) electrons. The molecule has 1 amide bonds. The first-order valence-electron chi connectivity index (χ1n) is 5.84. The lowest BCUT2D eigenvalue weighted by molar-refractivity contribution is -0.130. The zero-order chi connectivity index (χ0) is 11.4. The van der Waals surface area contributed by atoms with Gasteiger partial charge in [-0.05, 0) is 31.9 Å². The monoisotopic (exact) mass is 222 g/mol. The van der Waals surface area contributed by atoms with Crippen molar-refractivity contribution < 1.29 is 9.21 Å². The van der Waals surface area contributed by atoms with Crippen LogP contribution in [0.4, 0.5) is 0 Å². The van der Waals surface area contributed by atoms with Crippen LogP contribution >= 0.6 is 0 Å². The molecular formula is C12H18N2O2. The number of hydrogen-bond acceptors (Lipinski definition) is 3. The molecule has 0 spiro atoms. The molecule has 1 aromatic heterocycles. The van der Waals surface area contributed by atoms with E-state index in [1.165, 1.54) is 0 Å². The number of hydrogen-bond donors (Lipinski definition) is 1. The third-order valence-corrected chi connectivity index (χ3v) is 2.80. The van der Waals surface area contributed by atoms with Crippen LogP contribution in [0.25, 0.3) is 0 Å². The Morgan fingerprint density at radius 2 is 2.44 bits per heavy atom. The van der Waals surface area contributed by atoms with Crippen LogP contribution in [-0.4, -0.2) is 29.9 Å². The first-order chi connectivity index (χ1) is 7.81. The summed E-state index contributed by atoms with van der Waals surface area (Å²) in [4.78, 5) is 13.8. The van der Waals surface area contributed by atoms with Gasteiger partial charge in [-0.25, -0.2) is 0 Å². The molecule has 0 aliphatic heterocycles. The van der Waals surface area contributed by atoms with Crippen molar-refractivity contribution in [3.8, 4) is 0 Å². The Bertz CT molecular complexity index is 331. The van der Waals surface area contributed by atoms with Crippen LogP contribution in [0, 0.1) is 0 Å². The molecule has 1 saturated carbocycles. The van der Waals surface area contributed by atoms with E-state index in [9.17, 15) is 4.79 Å². The fourth-order valence-corrected chi connectivity index (χ4v) is 1.83. The number of carbonyl (C=O) groups is 1. The van der Waals surface area contributed by atoms with Crippen molar-refractivity contribution in [2.75, 3.05) is 13.1 Å². The van der Waals surface area contributed by atoms with Crippen molar-refractivity contribution in [3.05, 3.63) is 24.2 Å². The standard InChI is InChI=1S/C12H18N2O2/c1-2-14(10-5-6-10)12(15)9-13-8-11-4-3-7-16-11/h3-4,7,10,13H,2,5-6,8-9H2,1H3. The zero-order valence-corrected chi connectivity index (χ0v) is 9.61. The maximum atomic E-state index is 11.8. The van der Waals surface area contributed by atoms with Crippen molar-refractivity contribution in [3.63, 3.8) is 0 Å². The third kappa shape index (κ3) is 2.85. The average Bonchev–Trinajstić information content (AvgIpc) is 2.96. The van der Waals surface area contributed by atoms with E-state index in [-0.39, 0.29) is 5.91 Å². The Kier molecular flexibility index (Phi) is 3.62. The summed E-state index contributed by atoms with van der Waals surface area (Å²) in [6.45, 7) is 3.85. The van der Waals surface area contributed by atoms with Gasteiger partial charge in [0.05, 0.1) is 19.4 Å². The molecule has 0 bridgehead atoms. The summed E-state index contributed by atoms with van der Waals surface area (Å²) in [6, 6.07) is 4.25. The molecule has 1 aliphatic carbocycles. The average molecular weight is 222 g/mol. The predicted molar refractivity (Wildman–Crippen MR) is 60.8 cm³/mol. The molecule has 88 valence electrons. The number of furan rings is 1. The van der Waals surface area contributed by atoms with E-state index in [1.54, 1.807) is 6.26 Å². The fourth-order valence-electron chi connectivity index (χ4n) is 1.83. The minimum Gasteiger partial charge on any atom is -0.468 e. The van der Waals surface area contributed by atoms with Crippen LogP contribution in [-0.2, 0) is 11.3 Å². The van der Waals surface area contributed by atoms with E-state index in [2.05, 4.69) is 5.32 Å². The second-order valence-corrected chi connectivity index (χ2v) is 4.09. The van der Waals surface area contributed by atoms with E-state index in [1.807, 2.05) is 24.0 Å². The first kappa shape index (κ1) is 11.2. The van der Waals surface area contributed by atoms with Gasteiger partial charge in [0.25, 0.3) is 0 Å². The van der Waals surface area contributed by atoms with E-state index in [0.717, 1.165) is 25.1 Å². The SMILES string of the molecule is CCN(C(=O)CNCc1ccco1)C1CC1. The van der Waals surface area contributed by atoms with Gasteiger partial charge in [-0.2, -0.15) is 0 Å². The number of nitrogens with zero attached hydrogens (tertiary/aromatic N) is 1. The van der Waals surface area contributed by atoms with Gasteiger partial charge in [0, 0.05) is 12.6 Å². The van der Waals surface area contributed by atoms with Crippen LogP contribution in [0.2, 0.25) is 0 Å². The fraction of sp³-hybridized carbons (Fsp3) is 0.583. The highest BCUT2D eigenvalue weighted by molar-refractivity contribution is 5.78. The Morgan fingerprint density at radius 1 is 1.62 bits per heavy atom. The Hall–Kier alpha value is -1.29. The second kappa shape index (κ2) is 5.16. The minimum absolute atomic E-state index is 0.191. The highest BCUT2D eigenvalue weighted by atomic mass is 16.3. The van der Waals surface area contributed by atoms with Gasteiger partial charge in [-0.15, -0.1) is 0 Å². The molecule has 2 rings (SSSR count). The van der Waals surface area contributed by atoms with Gasteiger partial charge in [-0.1, -0.05) is 0 Å². The summed E-state index contributed by atoms with van der Waals surface area (Å²) < 4.78 is 5.17. The molecular weight excluding hydrogens is 204 g/mol. The number of rotatable bonds is 6. The molecule has 1 fully saturated rings. The van der Waals surface area contributed by atoms with Crippen LogP contribution in [0.3, 0.4) is 0 Å². The van der Waals surface area contributed by atoms with Crippen LogP contribution in [0.15, 0.2) is 22.8 Å². The summed E-state index contributed by atoms with van der Waals surface area (Å²) in [5, 5.41) is 3.10. The summed E-state index contributed by atoms with van der Waals surface area (Å²) in [5.41, 5.74) is 0. The summed E-state index contributed by atoms with van der Waals surface area (Å²) >= 11 is 0. The second-order valence-electron chi connectivity index (χ2n) is 4.09. The zero-order valence-electron chi connectivity index (χ0n) is 9.61. The lowest BCUT2D eigenvalue weighted by Gasteiger charge is -2.20. The van der Waals surface area contributed by atoms with E-state index in [0.29, 0.717) is 19.1 Å². The number of amides is 1. The summed E-state index contributed by atoms with van der Waals surface area (Å²) in [6.07, 6.45) is 3.97. The van der Waals surface area contributed by atoms with Gasteiger partial charge in [-0.3, -0.25) is 4.79 Å². The van der Waals surface area contributed by atoms with Crippen LogP contribution in [0.5, 0.6) is 0 Å². The van der Waals surface area contributed by atoms with Gasteiger partial charge >= 0.3 is 0 Å². The molecule has 4 nitrogen and oxygen atoms in total. The molecule has 0 saturated heterocycles. The first-order valence-corrected chi connectivity index (χ1v) is 5.84. The van der Waals surface area contributed by atoms with Gasteiger partial charge < -0.3 is 14.6 Å². The van der Waals surface area contributed by atoms with E-state index < -0.39 is 0 Å². The maximum Gasteiger partial charge on any atom is 0.236 e. The van der Waals surface area contributed by atoms with Crippen LogP contribution < -0.4 is 5.32 Å².